The van der Waals surface area contributed by atoms with Crippen molar-refractivity contribution in [3.63, 3.8) is 0 Å². The Bertz CT molecular complexity index is 788. The van der Waals surface area contributed by atoms with Gasteiger partial charge in [0.15, 0.2) is 0 Å². The lowest BCUT2D eigenvalue weighted by atomic mass is 10.1. The maximum Gasteiger partial charge on any atom is 0.212 e. The monoisotopic (exact) mass is 401 g/mol. The summed E-state index contributed by atoms with van der Waals surface area (Å²) in [6.45, 7) is 5.27. The lowest BCUT2D eigenvalue weighted by Crippen LogP contribution is -3.00. The summed E-state index contributed by atoms with van der Waals surface area (Å²) in [4.78, 5) is 0. The Morgan fingerprint density at radius 3 is 2.32 bits per heavy atom. The number of pyridine rings is 1. The van der Waals surface area contributed by atoms with Gasteiger partial charge in [-0.3, -0.25) is 0 Å². The molecule has 1 aromatic heterocycles. The number of benzene rings is 2. The number of hydrogen-bond donors (Lipinski definition) is 0. The molecule has 0 amide bonds. The van der Waals surface area contributed by atoms with E-state index in [0.717, 1.165) is 6.54 Å². The van der Waals surface area contributed by atoms with Gasteiger partial charge in [-0.05, 0) is 37.6 Å². The maximum atomic E-state index is 2.35. The van der Waals surface area contributed by atoms with E-state index < -0.39 is 0 Å². The predicted molar refractivity (Wildman–Crippen MR) is 89.9 cm³/mol. The molecule has 3 rings (SSSR count). The SMILES string of the molecule is CC[n+]1c(C=Cc2ccc(C)cc2)ccc2ccccc21.[I-]. The zero-order chi connectivity index (χ0) is 14.7. The fourth-order valence-corrected chi connectivity index (χ4v) is 2.64. The van der Waals surface area contributed by atoms with E-state index in [1.54, 1.807) is 0 Å². The average molecular weight is 401 g/mol. The molecule has 0 unspecified atom stereocenters. The van der Waals surface area contributed by atoms with Crippen LogP contribution in [0.4, 0.5) is 0 Å². The van der Waals surface area contributed by atoms with E-state index in [9.17, 15) is 0 Å². The van der Waals surface area contributed by atoms with Crippen LogP contribution in [0.3, 0.4) is 0 Å². The molecule has 0 spiro atoms. The highest BCUT2D eigenvalue weighted by Gasteiger charge is 2.10. The molecule has 0 saturated heterocycles. The van der Waals surface area contributed by atoms with Crippen molar-refractivity contribution in [1.82, 2.24) is 0 Å². The van der Waals surface area contributed by atoms with Gasteiger partial charge in [-0.2, -0.15) is 4.57 Å². The van der Waals surface area contributed by atoms with Crippen LogP contribution in [0.25, 0.3) is 23.1 Å². The number of aryl methyl sites for hydroxylation is 2. The molecule has 3 aromatic rings. The Labute approximate surface area is 149 Å². The Kier molecular flexibility index (Phi) is 5.72. The number of rotatable bonds is 3. The van der Waals surface area contributed by atoms with E-state index in [2.05, 4.69) is 91.2 Å². The smallest absolute Gasteiger partial charge is 0.212 e. The number of fused-ring (bicyclic) bond motifs is 1. The number of nitrogens with zero attached hydrogens (tertiary/aromatic N) is 1. The molecular weight excluding hydrogens is 381 g/mol. The van der Waals surface area contributed by atoms with E-state index in [4.69, 9.17) is 0 Å². The summed E-state index contributed by atoms with van der Waals surface area (Å²) in [6.07, 6.45) is 4.37. The van der Waals surface area contributed by atoms with E-state index in [0.29, 0.717) is 0 Å². The fourth-order valence-electron chi connectivity index (χ4n) is 2.64. The van der Waals surface area contributed by atoms with E-state index >= 15 is 0 Å². The van der Waals surface area contributed by atoms with Gasteiger partial charge in [-0.15, -0.1) is 0 Å². The molecular formula is C20H20IN. The van der Waals surface area contributed by atoms with Crippen LogP contribution >= 0.6 is 0 Å². The molecule has 0 bridgehead atoms. The Morgan fingerprint density at radius 2 is 1.59 bits per heavy atom. The van der Waals surface area contributed by atoms with Crippen molar-refractivity contribution in [3.05, 3.63) is 77.5 Å². The van der Waals surface area contributed by atoms with Crippen LogP contribution in [0.1, 0.15) is 23.7 Å². The Hall–Kier alpha value is -1.68. The topological polar surface area (TPSA) is 3.88 Å². The summed E-state index contributed by atoms with van der Waals surface area (Å²) in [5.41, 5.74) is 5.04. The second kappa shape index (κ2) is 7.54. The van der Waals surface area contributed by atoms with Gasteiger partial charge in [0.1, 0.15) is 6.54 Å². The number of halogens is 1. The lowest BCUT2D eigenvalue weighted by molar-refractivity contribution is -0.669. The molecule has 2 heteroatoms. The van der Waals surface area contributed by atoms with Crippen LogP contribution in [-0.4, -0.2) is 0 Å². The lowest BCUT2D eigenvalue weighted by Gasteiger charge is -2.02. The molecule has 1 nitrogen and oxygen atoms in total. The highest BCUT2D eigenvalue weighted by molar-refractivity contribution is 5.77. The minimum Gasteiger partial charge on any atom is -1.00 e. The molecule has 0 atom stereocenters. The molecule has 0 aliphatic carbocycles. The molecule has 1 heterocycles. The number of hydrogen-bond acceptors (Lipinski definition) is 0. The van der Waals surface area contributed by atoms with Gasteiger partial charge in [0.25, 0.3) is 0 Å². The van der Waals surface area contributed by atoms with Crippen molar-refractivity contribution in [1.29, 1.82) is 0 Å². The molecule has 0 aliphatic heterocycles. The summed E-state index contributed by atoms with van der Waals surface area (Å²) >= 11 is 0. The number of aromatic nitrogens is 1. The minimum absolute atomic E-state index is 0. The van der Waals surface area contributed by atoms with Gasteiger partial charge in [0.05, 0.1) is 0 Å². The van der Waals surface area contributed by atoms with Crippen LogP contribution < -0.4 is 28.5 Å². The summed E-state index contributed by atoms with van der Waals surface area (Å²) in [5, 5.41) is 1.28. The van der Waals surface area contributed by atoms with E-state index in [-0.39, 0.29) is 24.0 Å². The molecule has 112 valence electrons. The van der Waals surface area contributed by atoms with Crippen molar-refractivity contribution in [3.8, 4) is 0 Å². The molecule has 0 saturated carbocycles. The van der Waals surface area contributed by atoms with Gasteiger partial charge in [0.2, 0.25) is 11.2 Å². The van der Waals surface area contributed by atoms with E-state index in [1.807, 2.05) is 0 Å². The first-order chi connectivity index (χ1) is 10.3. The third-order valence-electron chi connectivity index (χ3n) is 3.81. The van der Waals surface area contributed by atoms with Crippen molar-refractivity contribution in [2.75, 3.05) is 0 Å². The summed E-state index contributed by atoms with van der Waals surface area (Å²) in [7, 11) is 0. The quantitative estimate of drug-likeness (QED) is 0.464. The van der Waals surface area contributed by atoms with Gasteiger partial charge in [0, 0.05) is 23.6 Å². The van der Waals surface area contributed by atoms with Crippen LogP contribution in [0.15, 0.2) is 60.7 Å². The first-order valence-corrected chi connectivity index (χ1v) is 7.44. The van der Waals surface area contributed by atoms with Crippen molar-refractivity contribution in [2.24, 2.45) is 0 Å². The Balaban J connectivity index is 0.00000176. The van der Waals surface area contributed by atoms with Crippen molar-refractivity contribution in [2.45, 2.75) is 20.4 Å². The Morgan fingerprint density at radius 1 is 0.864 bits per heavy atom. The molecule has 22 heavy (non-hydrogen) atoms. The molecule has 0 N–H and O–H groups in total. The van der Waals surface area contributed by atoms with Crippen molar-refractivity contribution < 1.29 is 28.5 Å². The second-order valence-corrected chi connectivity index (χ2v) is 5.31. The van der Waals surface area contributed by atoms with Gasteiger partial charge in [-0.25, -0.2) is 0 Å². The van der Waals surface area contributed by atoms with Crippen LogP contribution in [0, 0.1) is 6.92 Å². The molecule has 0 aliphatic rings. The van der Waals surface area contributed by atoms with Crippen LogP contribution in [0.2, 0.25) is 0 Å². The second-order valence-electron chi connectivity index (χ2n) is 5.31. The third kappa shape index (κ3) is 3.55. The number of para-hydroxylation sites is 1. The zero-order valence-electron chi connectivity index (χ0n) is 13.0. The predicted octanol–water partition coefficient (Wildman–Crippen LogP) is 1.63. The van der Waals surface area contributed by atoms with Crippen molar-refractivity contribution >= 4 is 23.1 Å². The standard InChI is InChI=1S/C20H20N.HI/c1-3-21-19(14-12-17-10-8-16(2)9-11-17)15-13-18-6-4-5-7-20(18)21;/h4-15H,3H2,1-2H3;1H/q+1;/p-1. The first-order valence-electron chi connectivity index (χ1n) is 7.44. The minimum atomic E-state index is 0. The largest absolute Gasteiger partial charge is 1.00 e. The highest BCUT2D eigenvalue weighted by atomic mass is 127. The maximum absolute atomic E-state index is 2.35. The van der Waals surface area contributed by atoms with Gasteiger partial charge >= 0.3 is 0 Å². The summed E-state index contributed by atoms with van der Waals surface area (Å²) < 4.78 is 2.35. The third-order valence-corrected chi connectivity index (χ3v) is 3.81. The molecule has 0 radical (unpaired) electrons. The van der Waals surface area contributed by atoms with Gasteiger partial charge in [-0.1, -0.05) is 42.0 Å². The zero-order valence-corrected chi connectivity index (χ0v) is 15.1. The summed E-state index contributed by atoms with van der Waals surface area (Å²) in [5.74, 6) is 0. The molecule has 0 fully saturated rings. The van der Waals surface area contributed by atoms with Crippen LogP contribution in [0.5, 0.6) is 0 Å². The molecule has 2 aromatic carbocycles. The normalized spacial score (nSPS) is 10.8. The highest BCUT2D eigenvalue weighted by Crippen LogP contribution is 2.13. The average Bonchev–Trinajstić information content (AvgIpc) is 2.53. The van der Waals surface area contributed by atoms with E-state index in [1.165, 1.54) is 27.7 Å². The van der Waals surface area contributed by atoms with Crippen LogP contribution in [-0.2, 0) is 6.54 Å². The van der Waals surface area contributed by atoms with Gasteiger partial charge < -0.3 is 24.0 Å². The first kappa shape index (κ1) is 16.7. The summed E-state index contributed by atoms with van der Waals surface area (Å²) in [6, 6.07) is 21.5. The fraction of sp³-hybridized carbons (Fsp3) is 0.150.